The van der Waals surface area contributed by atoms with E-state index in [1.165, 1.54) is 14.0 Å². The maximum Gasteiger partial charge on any atom is 0.321 e. The van der Waals surface area contributed by atoms with Gasteiger partial charge in [0.2, 0.25) is 0 Å². The third kappa shape index (κ3) is 7.12. The SMILES string of the molecule is COc1ccc(CCC(=O)OC(C)C(=O)NC(=O)NCc2ccccc2)cc1OC. The first-order valence-corrected chi connectivity index (χ1v) is 9.46. The number of benzene rings is 2. The molecule has 0 aliphatic rings. The molecule has 0 aromatic heterocycles. The number of rotatable bonds is 9. The van der Waals surface area contributed by atoms with Crippen LogP contribution in [0.5, 0.6) is 11.5 Å². The van der Waals surface area contributed by atoms with Crippen LogP contribution in [0.4, 0.5) is 4.79 Å². The zero-order chi connectivity index (χ0) is 21.9. The first kappa shape index (κ1) is 22.7. The highest BCUT2D eigenvalue weighted by Gasteiger charge is 2.20. The Balaban J connectivity index is 1.75. The van der Waals surface area contributed by atoms with E-state index in [0.717, 1.165) is 11.1 Å². The molecule has 2 aromatic rings. The Kier molecular flexibility index (Phi) is 8.68. The summed E-state index contributed by atoms with van der Waals surface area (Å²) in [5.41, 5.74) is 1.76. The molecule has 0 spiro atoms. The van der Waals surface area contributed by atoms with E-state index in [4.69, 9.17) is 14.2 Å². The molecule has 3 amide bonds. The normalized spacial score (nSPS) is 11.2. The van der Waals surface area contributed by atoms with E-state index in [1.807, 2.05) is 36.4 Å². The van der Waals surface area contributed by atoms with Gasteiger partial charge in [-0.1, -0.05) is 36.4 Å². The van der Waals surface area contributed by atoms with Crippen LogP contribution >= 0.6 is 0 Å². The highest BCUT2D eigenvalue weighted by atomic mass is 16.5. The van der Waals surface area contributed by atoms with Gasteiger partial charge in [0.15, 0.2) is 17.6 Å². The molecule has 1 atom stereocenters. The molecule has 0 bridgehead atoms. The van der Waals surface area contributed by atoms with Crippen molar-refractivity contribution in [2.75, 3.05) is 14.2 Å². The van der Waals surface area contributed by atoms with Crippen molar-refractivity contribution in [1.82, 2.24) is 10.6 Å². The Morgan fingerprint density at radius 1 is 0.933 bits per heavy atom. The quantitative estimate of drug-likeness (QED) is 0.612. The van der Waals surface area contributed by atoms with Crippen molar-refractivity contribution in [1.29, 1.82) is 0 Å². The summed E-state index contributed by atoms with van der Waals surface area (Å²) in [4.78, 5) is 35.9. The summed E-state index contributed by atoms with van der Waals surface area (Å²) in [6, 6.07) is 14.0. The minimum absolute atomic E-state index is 0.0767. The van der Waals surface area contributed by atoms with Gasteiger partial charge in [0.25, 0.3) is 5.91 Å². The van der Waals surface area contributed by atoms with E-state index in [9.17, 15) is 14.4 Å². The molecule has 2 rings (SSSR count). The highest BCUT2D eigenvalue weighted by Crippen LogP contribution is 2.28. The molecule has 30 heavy (non-hydrogen) atoms. The molecule has 8 heteroatoms. The number of imide groups is 1. The van der Waals surface area contributed by atoms with Crippen molar-refractivity contribution in [3.05, 3.63) is 59.7 Å². The molecule has 1 unspecified atom stereocenters. The minimum atomic E-state index is -1.09. The van der Waals surface area contributed by atoms with Gasteiger partial charge in [0.05, 0.1) is 14.2 Å². The average molecular weight is 414 g/mol. The Bertz CT molecular complexity index is 869. The Morgan fingerprint density at radius 3 is 2.30 bits per heavy atom. The summed E-state index contributed by atoms with van der Waals surface area (Å²) in [7, 11) is 3.08. The van der Waals surface area contributed by atoms with Gasteiger partial charge in [0, 0.05) is 13.0 Å². The molecule has 0 heterocycles. The number of hydrogen-bond donors (Lipinski definition) is 2. The van der Waals surface area contributed by atoms with Gasteiger partial charge >= 0.3 is 12.0 Å². The molecular formula is C22H26N2O6. The summed E-state index contributed by atoms with van der Waals surface area (Å²) in [6.07, 6.45) is -0.608. The van der Waals surface area contributed by atoms with Gasteiger partial charge in [-0.2, -0.15) is 0 Å². The number of esters is 1. The molecule has 2 N–H and O–H groups in total. The van der Waals surface area contributed by atoms with Gasteiger partial charge in [-0.3, -0.25) is 14.9 Å². The lowest BCUT2D eigenvalue weighted by Crippen LogP contribution is -2.44. The lowest BCUT2D eigenvalue weighted by Gasteiger charge is -2.14. The molecule has 160 valence electrons. The zero-order valence-corrected chi connectivity index (χ0v) is 17.3. The van der Waals surface area contributed by atoms with Crippen molar-refractivity contribution < 1.29 is 28.6 Å². The first-order chi connectivity index (χ1) is 14.4. The van der Waals surface area contributed by atoms with Crippen LogP contribution < -0.4 is 20.1 Å². The largest absolute Gasteiger partial charge is 0.493 e. The number of amides is 3. The Morgan fingerprint density at radius 2 is 1.63 bits per heavy atom. The van der Waals surface area contributed by atoms with Crippen LogP contribution in [0.25, 0.3) is 0 Å². The van der Waals surface area contributed by atoms with Crippen LogP contribution in [0.15, 0.2) is 48.5 Å². The summed E-state index contributed by atoms with van der Waals surface area (Å²) >= 11 is 0. The maximum atomic E-state index is 12.0. The van der Waals surface area contributed by atoms with E-state index >= 15 is 0 Å². The lowest BCUT2D eigenvalue weighted by molar-refractivity contribution is -0.154. The van der Waals surface area contributed by atoms with Crippen LogP contribution in [0.3, 0.4) is 0 Å². The van der Waals surface area contributed by atoms with Gasteiger partial charge in [0.1, 0.15) is 0 Å². The second kappa shape index (κ2) is 11.5. The summed E-state index contributed by atoms with van der Waals surface area (Å²) < 4.78 is 15.5. The molecule has 2 aromatic carbocycles. The van der Waals surface area contributed by atoms with Crippen LogP contribution in [0.2, 0.25) is 0 Å². The number of methoxy groups -OCH3 is 2. The molecule has 0 fully saturated rings. The van der Waals surface area contributed by atoms with E-state index < -0.39 is 24.0 Å². The highest BCUT2D eigenvalue weighted by molar-refractivity contribution is 5.97. The second-order valence-electron chi connectivity index (χ2n) is 6.48. The standard InChI is InChI=1S/C22H26N2O6/c1-15(21(26)24-22(27)23-14-17-7-5-4-6-8-17)30-20(25)12-10-16-9-11-18(28-2)19(13-16)29-3/h4-9,11,13,15H,10,12,14H2,1-3H3,(H2,23,24,26,27). The molecule has 0 saturated carbocycles. The smallest absolute Gasteiger partial charge is 0.321 e. The predicted molar refractivity (Wildman–Crippen MR) is 110 cm³/mol. The molecule has 8 nitrogen and oxygen atoms in total. The van der Waals surface area contributed by atoms with Crippen molar-refractivity contribution in [3.63, 3.8) is 0 Å². The van der Waals surface area contributed by atoms with Crippen LogP contribution in [0, 0.1) is 0 Å². The molecule has 0 saturated heterocycles. The van der Waals surface area contributed by atoms with Gasteiger partial charge in [-0.25, -0.2) is 4.79 Å². The number of carbonyl (C=O) groups is 3. The number of aryl methyl sites for hydroxylation is 1. The summed E-state index contributed by atoms with van der Waals surface area (Å²) in [6.45, 7) is 1.69. The van der Waals surface area contributed by atoms with Gasteiger partial charge < -0.3 is 19.5 Å². The Labute approximate surface area is 175 Å². The third-order valence-corrected chi connectivity index (χ3v) is 4.28. The molecule has 0 radical (unpaired) electrons. The fourth-order valence-electron chi connectivity index (χ4n) is 2.63. The topological polar surface area (TPSA) is 103 Å². The lowest BCUT2D eigenvalue weighted by atomic mass is 10.1. The predicted octanol–water partition coefficient (Wildman–Crippen LogP) is 2.59. The second-order valence-corrected chi connectivity index (χ2v) is 6.48. The van der Waals surface area contributed by atoms with Crippen LogP contribution in [0.1, 0.15) is 24.5 Å². The summed E-state index contributed by atoms with van der Waals surface area (Å²) in [5, 5.41) is 4.73. The van der Waals surface area contributed by atoms with Crippen molar-refractivity contribution in [2.24, 2.45) is 0 Å². The maximum absolute atomic E-state index is 12.0. The van der Waals surface area contributed by atoms with Gasteiger partial charge in [-0.05, 0) is 36.6 Å². The van der Waals surface area contributed by atoms with Crippen molar-refractivity contribution in [3.8, 4) is 11.5 Å². The van der Waals surface area contributed by atoms with Gasteiger partial charge in [-0.15, -0.1) is 0 Å². The molecule has 0 aliphatic carbocycles. The fraction of sp³-hybridized carbons (Fsp3) is 0.318. The number of hydrogen-bond acceptors (Lipinski definition) is 6. The first-order valence-electron chi connectivity index (χ1n) is 9.46. The van der Waals surface area contributed by atoms with Crippen LogP contribution in [-0.4, -0.2) is 38.2 Å². The van der Waals surface area contributed by atoms with E-state index in [2.05, 4.69) is 10.6 Å². The van der Waals surface area contributed by atoms with Crippen LogP contribution in [-0.2, 0) is 27.3 Å². The summed E-state index contributed by atoms with van der Waals surface area (Å²) in [5.74, 6) is -0.0746. The zero-order valence-electron chi connectivity index (χ0n) is 17.3. The number of carbonyl (C=O) groups excluding carboxylic acids is 3. The Hall–Kier alpha value is -3.55. The number of nitrogens with one attached hydrogen (secondary N) is 2. The molecule has 0 aliphatic heterocycles. The minimum Gasteiger partial charge on any atom is -0.493 e. The molecular weight excluding hydrogens is 388 g/mol. The average Bonchev–Trinajstić information content (AvgIpc) is 2.76. The van der Waals surface area contributed by atoms with E-state index in [1.54, 1.807) is 19.2 Å². The van der Waals surface area contributed by atoms with E-state index in [-0.39, 0.29) is 13.0 Å². The van der Waals surface area contributed by atoms with E-state index in [0.29, 0.717) is 17.9 Å². The number of ether oxygens (including phenoxy) is 3. The monoisotopic (exact) mass is 414 g/mol. The fourth-order valence-corrected chi connectivity index (χ4v) is 2.63. The van der Waals surface area contributed by atoms with Crippen molar-refractivity contribution >= 4 is 17.9 Å². The van der Waals surface area contributed by atoms with Crippen molar-refractivity contribution in [2.45, 2.75) is 32.4 Å². The third-order valence-electron chi connectivity index (χ3n) is 4.28. The number of urea groups is 1.